The predicted molar refractivity (Wildman–Crippen MR) is 51.8 cm³/mol. The molecule has 3 nitrogen and oxygen atoms in total. The summed E-state index contributed by atoms with van der Waals surface area (Å²) in [7, 11) is 0. The van der Waals surface area contributed by atoms with Gasteiger partial charge in [0.2, 0.25) is 0 Å². The van der Waals surface area contributed by atoms with E-state index in [-0.39, 0.29) is 6.42 Å². The highest BCUT2D eigenvalue weighted by Gasteiger charge is 2.10. The molecular formula is C11H12O3. The van der Waals surface area contributed by atoms with E-state index in [1.54, 1.807) is 30.3 Å². The lowest BCUT2D eigenvalue weighted by molar-refractivity contribution is -0.137. The van der Waals surface area contributed by atoms with Crippen LogP contribution in [0.25, 0.3) is 0 Å². The molecule has 0 atom stereocenters. The molecule has 0 fully saturated rings. The van der Waals surface area contributed by atoms with Crippen LogP contribution >= 0.6 is 0 Å². The zero-order valence-electron chi connectivity index (χ0n) is 8.03. The van der Waals surface area contributed by atoms with Gasteiger partial charge in [0, 0.05) is 6.42 Å². The van der Waals surface area contributed by atoms with Gasteiger partial charge in [-0.05, 0) is 18.6 Å². The van der Waals surface area contributed by atoms with Gasteiger partial charge >= 0.3 is 11.9 Å². The molecule has 0 aromatic heterocycles. The summed E-state index contributed by atoms with van der Waals surface area (Å²) in [5.41, 5.74) is 0.400. The number of carbonyl (C=O) groups is 2. The van der Waals surface area contributed by atoms with E-state index in [0.717, 1.165) is 0 Å². The van der Waals surface area contributed by atoms with Crippen LogP contribution in [0.2, 0.25) is 0 Å². The summed E-state index contributed by atoms with van der Waals surface area (Å²) < 4.78 is 4.60. The monoisotopic (exact) mass is 192 g/mol. The fourth-order valence-electron chi connectivity index (χ4n) is 0.992. The average Bonchev–Trinajstić information content (AvgIpc) is 2.19. The number of ether oxygens (including phenoxy) is 1. The Hall–Kier alpha value is -1.64. The maximum Gasteiger partial charge on any atom is 0.345 e. The summed E-state index contributed by atoms with van der Waals surface area (Å²) >= 11 is 0. The van der Waals surface area contributed by atoms with Crippen LogP contribution in [0.3, 0.4) is 0 Å². The lowest BCUT2D eigenvalue weighted by Crippen LogP contribution is -2.11. The highest BCUT2D eigenvalue weighted by Crippen LogP contribution is 2.02. The molecule has 1 aromatic rings. The molecule has 0 unspecified atom stereocenters. The highest BCUT2D eigenvalue weighted by molar-refractivity contribution is 5.96. The Morgan fingerprint density at radius 2 is 1.86 bits per heavy atom. The molecule has 0 aliphatic rings. The Bertz CT molecular complexity index is 317. The fourth-order valence-corrected chi connectivity index (χ4v) is 0.992. The molecule has 0 heterocycles. The largest absolute Gasteiger partial charge is 0.389 e. The zero-order valence-corrected chi connectivity index (χ0v) is 8.03. The van der Waals surface area contributed by atoms with Gasteiger partial charge in [-0.1, -0.05) is 25.1 Å². The summed E-state index contributed by atoms with van der Waals surface area (Å²) in [5, 5.41) is 0. The molecular weight excluding hydrogens is 180 g/mol. The molecule has 0 amide bonds. The lowest BCUT2D eigenvalue weighted by Gasteiger charge is -2.00. The summed E-state index contributed by atoms with van der Waals surface area (Å²) in [6, 6.07) is 8.47. The first-order valence-electron chi connectivity index (χ1n) is 4.54. The van der Waals surface area contributed by atoms with Gasteiger partial charge in [-0.15, -0.1) is 0 Å². The Kier molecular flexibility index (Phi) is 3.85. The molecule has 0 aliphatic carbocycles. The molecule has 0 aliphatic heterocycles. The Morgan fingerprint density at radius 1 is 1.21 bits per heavy atom. The van der Waals surface area contributed by atoms with Crippen LogP contribution in [0.4, 0.5) is 0 Å². The van der Waals surface area contributed by atoms with Crippen LogP contribution in [-0.2, 0) is 9.53 Å². The normalized spacial score (nSPS) is 9.50. The number of esters is 2. The van der Waals surface area contributed by atoms with Crippen molar-refractivity contribution in [3.63, 3.8) is 0 Å². The van der Waals surface area contributed by atoms with Crippen molar-refractivity contribution in [2.45, 2.75) is 19.8 Å². The minimum Gasteiger partial charge on any atom is -0.389 e. The molecule has 0 saturated heterocycles. The minimum absolute atomic E-state index is 0.276. The molecule has 1 aromatic carbocycles. The van der Waals surface area contributed by atoms with Crippen molar-refractivity contribution in [3.05, 3.63) is 35.9 Å². The Balaban J connectivity index is 2.55. The van der Waals surface area contributed by atoms with Crippen molar-refractivity contribution in [1.82, 2.24) is 0 Å². The van der Waals surface area contributed by atoms with E-state index in [1.165, 1.54) is 0 Å². The van der Waals surface area contributed by atoms with Gasteiger partial charge in [0.15, 0.2) is 0 Å². The van der Waals surface area contributed by atoms with E-state index in [9.17, 15) is 9.59 Å². The molecule has 0 spiro atoms. The van der Waals surface area contributed by atoms with Crippen molar-refractivity contribution in [2.24, 2.45) is 0 Å². The van der Waals surface area contributed by atoms with Crippen LogP contribution < -0.4 is 0 Å². The van der Waals surface area contributed by atoms with Gasteiger partial charge in [-0.25, -0.2) is 4.79 Å². The highest BCUT2D eigenvalue weighted by atomic mass is 16.6. The maximum absolute atomic E-state index is 11.3. The maximum atomic E-state index is 11.3. The average molecular weight is 192 g/mol. The molecule has 1 rings (SSSR count). The first kappa shape index (κ1) is 10.4. The Labute approximate surface area is 82.7 Å². The number of hydrogen-bond acceptors (Lipinski definition) is 3. The number of benzene rings is 1. The van der Waals surface area contributed by atoms with E-state index in [2.05, 4.69) is 4.74 Å². The lowest BCUT2D eigenvalue weighted by atomic mass is 10.2. The summed E-state index contributed by atoms with van der Waals surface area (Å²) in [5.74, 6) is -1.05. The van der Waals surface area contributed by atoms with Gasteiger partial charge in [0.1, 0.15) is 0 Å². The zero-order chi connectivity index (χ0) is 10.4. The third-order valence-corrected chi connectivity index (χ3v) is 1.67. The molecule has 0 bridgehead atoms. The van der Waals surface area contributed by atoms with E-state index >= 15 is 0 Å². The van der Waals surface area contributed by atoms with E-state index in [4.69, 9.17) is 0 Å². The standard InChI is InChI=1S/C11H12O3/c1-2-6-10(12)14-11(13)9-7-4-3-5-8-9/h3-5,7-8H,2,6H2,1H3. The van der Waals surface area contributed by atoms with Gasteiger partial charge < -0.3 is 4.74 Å². The summed E-state index contributed by atoms with van der Waals surface area (Å²) in [6.45, 7) is 1.86. The predicted octanol–water partition coefficient (Wildman–Crippen LogP) is 2.17. The smallest absolute Gasteiger partial charge is 0.345 e. The fraction of sp³-hybridized carbons (Fsp3) is 0.273. The first-order valence-corrected chi connectivity index (χ1v) is 4.54. The molecule has 14 heavy (non-hydrogen) atoms. The number of rotatable bonds is 3. The SMILES string of the molecule is CCCC(=O)OC(=O)c1ccccc1. The van der Waals surface area contributed by atoms with Gasteiger partial charge in [-0.3, -0.25) is 4.79 Å². The molecule has 0 saturated carbocycles. The summed E-state index contributed by atoms with van der Waals surface area (Å²) in [4.78, 5) is 22.3. The summed E-state index contributed by atoms with van der Waals surface area (Å²) in [6.07, 6.45) is 0.958. The van der Waals surface area contributed by atoms with Crippen LogP contribution in [0.1, 0.15) is 30.1 Å². The van der Waals surface area contributed by atoms with E-state index in [0.29, 0.717) is 12.0 Å². The van der Waals surface area contributed by atoms with Crippen LogP contribution in [0, 0.1) is 0 Å². The van der Waals surface area contributed by atoms with Crippen LogP contribution in [-0.4, -0.2) is 11.9 Å². The third kappa shape index (κ3) is 3.01. The molecule has 3 heteroatoms. The number of carbonyl (C=O) groups excluding carboxylic acids is 2. The van der Waals surface area contributed by atoms with Crippen molar-refractivity contribution in [1.29, 1.82) is 0 Å². The second kappa shape index (κ2) is 5.17. The quantitative estimate of drug-likeness (QED) is 0.544. The van der Waals surface area contributed by atoms with Gasteiger partial charge in [0.05, 0.1) is 5.56 Å². The third-order valence-electron chi connectivity index (χ3n) is 1.67. The minimum atomic E-state index is -0.580. The second-order valence-electron chi connectivity index (χ2n) is 2.88. The van der Waals surface area contributed by atoms with Gasteiger partial charge in [-0.2, -0.15) is 0 Å². The second-order valence-corrected chi connectivity index (χ2v) is 2.88. The van der Waals surface area contributed by atoms with E-state index < -0.39 is 11.9 Å². The van der Waals surface area contributed by atoms with Crippen LogP contribution in [0.5, 0.6) is 0 Å². The number of hydrogen-bond donors (Lipinski definition) is 0. The molecule has 74 valence electrons. The first-order chi connectivity index (χ1) is 6.74. The molecule has 0 N–H and O–H groups in total. The van der Waals surface area contributed by atoms with E-state index in [1.807, 2.05) is 6.92 Å². The van der Waals surface area contributed by atoms with Gasteiger partial charge in [0.25, 0.3) is 0 Å². The Morgan fingerprint density at radius 3 is 2.43 bits per heavy atom. The van der Waals surface area contributed by atoms with Crippen molar-refractivity contribution >= 4 is 11.9 Å². The van der Waals surface area contributed by atoms with Crippen molar-refractivity contribution < 1.29 is 14.3 Å². The van der Waals surface area contributed by atoms with Crippen molar-refractivity contribution in [2.75, 3.05) is 0 Å². The van der Waals surface area contributed by atoms with Crippen molar-refractivity contribution in [3.8, 4) is 0 Å². The molecule has 0 radical (unpaired) electrons. The topological polar surface area (TPSA) is 43.4 Å². The van der Waals surface area contributed by atoms with Crippen LogP contribution in [0.15, 0.2) is 30.3 Å².